The van der Waals surface area contributed by atoms with E-state index in [-0.39, 0.29) is 0 Å². The predicted octanol–water partition coefficient (Wildman–Crippen LogP) is 6.34. The molecule has 0 aliphatic rings. The number of hydrazone groups is 1. The maximum atomic E-state index is 4.58. The topological polar surface area (TPSA) is 64.9 Å². The molecule has 0 spiro atoms. The molecule has 0 fully saturated rings. The minimum Gasteiger partial charge on any atom is -0.360 e. The van der Waals surface area contributed by atoms with Gasteiger partial charge in [-0.05, 0) is 43.2 Å². The van der Waals surface area contributed by atoms with Gasteiger partial charge in [-0.25, -0.2) is 0 Å². The van der Waals surface area contributed by atoms with E-state index in [4.69, 9.17) is 0 Å². The molecular formula is C23H21N5. The molecule has 1 aromatic heterocycles. The molecule has 2 N–H and O–H groups in total. The number of hydrogen-bond acceptors (Lipinski definition) is 3. The van der Waals surface area contributed by atoms with Gasteiger partial charge in [0.2, 0.25) is 5.84 Å². The standard InChI is InChI=1S/C23H21N5/c1-16-9-3-6-12-20(16)25-27-23(28-26-21-13-7-4-10-17(21)2)19-15-24-22-14-8-5-11-18(19)22/h3-15,24-25H,1-2H3. The van der Waals surface area contributed by atoms with Gasteiger partial charge in [-0.15, -0.1) is 10.2 Å². The van der Waals surface area contributed by atoms with Crippen molar-refractivity contribution in [1.82, 2.24) is 4.98 Å². The molecule has 0 amide bonds. The van der Waals surface area contributed by atoms with Crippen LogP contribution >= 0.6 is 0 Å². The van der Waals surface area contributed by atoms with E-state index >= 15 is 0 Å². The highest BCUT2D eigenvalue weighted by Gasteiger charge is 2.10. The number of aromatic amines is 1. The molecule has 4 aromatic rings. The number of aromatic nitrogens is 1. The number of benzene rings is 3. The van der Waals surface area contributed by atoms with Gasteiger partial charge in [-0.3, -0.25) is 5.43 Å². The third kappa shape index (κ3) is 3.69. The van der Waals surface area contributed by atoms with Crippen LogP contribution in [0.25, 0.3) is 10.9 Å². The molecule has 3 aromatic carbocycles. The number of para-hydroxylation sites is 2. The number of nitrogens with zero attached hydrogens (tertiary/aromatic N) is 3. The second kappa shape index (κ2) is 7.88. The van der Waals surface area contributed by atoms with Crippen molar-refractivity contribution in [3.63, 3.8) is 0 Å². The van der Waals surface area contributed by atoms with Crippen LogP contribution in [-0.4, -0.2) is 10.8 Å². The summed E-state index contributed by atoms with van der Waals surface area (Å²) < 4.78 is 0. The predicted molar refractivity (Wildman–Crippen MR) is 115 cm³/mol. The second-order valence-electron chi connectivity index (χ2n) is 6.60. The zero-order chi connectivity index (χ0) is 19.3. The van der Waals surface area contributed by atoms with Crippen molar-refractivity contribution in [3.8, 4) is 0 Å². The number of amidine groups is 1. The van der Waals surface area contributed by atoms with Crippen molar-refractivity contribution in [2.45, 2.75) is 13.8 Å². The Kier molecular flexibility index (Phi) is 4.97. The fourth-order valence-corrected chi connectivity index (χ4v) is 2.98. The Hall–Kier alpha value is -3.73. The van der Waals surface area contributed by atoms with E-state index in [0.717, 1.165) is 39.0 Å². The number of aryl methyl sites for hydroxylation is 2. The van der Waals surface area contributed by atoms with Crippen LogP contribution in [-0.2, 0) is 0 Å². The molecule has 5 nitrogen and oxygen atoms in total. The normalized spacial score (nSPS) is 12.0. The molecule has 4 rings (SSSR count). The number of hydrogen-bond donors (Lipinski definition) is 2. The van der Waals surface area contributed by atoms with Gasteiger partial charge >= 0.3 is 0 Å². The molecule has 0 radical (unpaired) electrons. The number of azo groups is 1. The Balaban J connectivity index is 1.75. The number of anilines is 1. The van der Waals surface area contributed by atoms with Crippen molar-refractivity contribution in [2.75, 3.05) is 5.43 Å². The second-order valence-corrected chi connectivity index (χ2v) is 6.60. The first kappa shape index (κ1) is 17.7. The molecule has 28 heavy (non-hydrogen) atoms. The first-order valence-electron chi connectivity index (χ1n) is 9.15. The average molecular weight is 367 g/mol. The summed E-state index contributed by atoms with van der Waals surface area (Å²) >= 11 is 0. The number of fused-ring (bicyclic) bond motifs is 1. The highest BCUT2D eigenvalue weighted by Crippen LogP contribution is 2.22. The third-order valence-corrected chi connectivity index (χ3v) is 4.63. The lowest BCUT2D eigenvalue weighted by atomic mass is 10.1. The van der Waals surface area contributed by atoms with Crippen molar-refractivity contribution >= 4 is 28.1 Å². The number of H-pyrrole nitrogens is 1. The van der Waals surface area contributed by atoms with E-state index in [9.17, 15) is 0 Å². The highest BCUT2D eigenvalue weighted by molar-refractivity contribution is 6.10. The van der Waals surface area contributed by atoms with Crippen molar-refractivity contribution in [1.29, 1.82) is 0 Å². The molecule has 0 aliphatic heterocycles. The Morgan fingerprint density at radius 3 is 2.36 bits per heavy atom. The Bertz CT molecular complexity index is 1170. The van der Waals surface area contributed by atoms with Gasteiger partial charge in [0.15, 0.2) is 0 Å². The zero-order valence-electron chi connectivity index (χ0n) is 15.8. The summed E-state index contributed by atoms with van der Waals surface area (Å²) in [6, 6.07) is 24.0. The summed E-state index contributed by atoms with van der Waals surface area (Å²) in [6.07, 6.45) is 1.92. The molecule has 0 saturated heterocycles. The van der Waals surface area contributed by atoms with Gasteiger partial charge in [-0.1, -0.05) is 54.6 Å². The quantitative estimate of drug-likeness (QED) is 0.188. The minimum absolute atomic E-state index is 0.518. The van der Waals surface area contributed by atoms with Crippen LogP contribution in [0, 0.1) is 13.8 Å². The summed E-state index contributed by atoms with van der Waals surface area (Å²) in [6.45, 7) is 4.06. The molecule has 0 unspecified atom stereocenters. The maximum absolute atomic E-state index is 4.58. The van der Waals surface area contributed by atoms with E-state index in [1.807, 2.05) is 92.8 Å². The Labute approximate surface area is 163 Å². The summed E-state index contributed by atoms with van der Waals surface area (Å²) in [7, 11) is 0. The molecule has 0 bridgehead atoms. The molecule has 0 atom stereocenters. The van der Waals surface area contributed by atoms with Crippen LogP contribution in [0.3, 0.4) is 0 Å². The summed E-state index contributed by atoms with van der Waals surface area (Å²) in [5.74, 6) is 0.518. The lowest BCUT2D eigenvalue weighted by Gasteiger charge is -2.06. The van der Waals surface area contributed by atoms with Crippen LogP contribution in [0.2, 0.25) is 0 Å². The zero-order valence-corrected chi connectivity index (χ0v) is 15.8. The van der Waals surface area contributed by atoms with E-state index in [1.165, 1.54) is 0 Å². The molecule has 138 valence electrons. The summed E-state index contributed by atoms with van der Waals surface area (Å²) in [5, 5.41) is 14.6. The van der Waals surface area contributed by atoms with Crippen LogP contribution < -0.4 is 5.43 Å². The van der Waals surface area contributed by atoms with Gasteiger partial charge in [0.05, 0.1) is 11.4 Å². The minimum atomic E-state index is 0.518. The highest BCUT2D eigenvalue weighted by atomic mass is 15.3. The van der Waals surface area contributed by atoms with E-state index in [0.29, 0.717) is 5.84 Å². The van der Waals surface area contributed by atoms with Crippen LogP contribution in [0.1, 0.15) is 16.7 Å². The molecule has 0 saturated carbocycles. The smallest absolute Gasteiger partial charge is 0.203 e. The lowest BCUT2D eigenvalue weighted by molar-refractivity contribution is 1.20. The van der Waals surface area contributed by atoms with Crippen molar-refractivity contribution in [2.24, 2.45) is 15.3 Å². The SMILES string of the molecule is Cc1ccccc1N=NC(=NNc1ccccc1C)c1c[nH]c2ccccc12. The fraction of sp³-hybridized carbons (Fsp3) is 0.0870. The average Bonchev–Trinajstić information content (AvgIpc) is 3.14. The van der Waals surface area contributed by atoms with Gasteiger partial charge in [0.1, 0.15) is 0 Å². The molecular weight excluding hydrogens is 346 g/mol. The van der Waals surface area contributed by atoms with Crippen LogP contribution in [0.15, 0.2) is 94.3 Å². The largest absolute Gasteiger partial charge is 0.360 e. The van der Waals surface area contributed by atoms with Gasteiger partial charge in [0.25, 0.3) is 0 Å². The maximum Gasteiger partial charge on any atom is 0.203 e. The van der Waals surface area contributed by atoms with Gasteiger partial charge < -0.3 is 4.98 Å². The van der Waals surface area contributed by atoms with Gasteiger partial charge in [-0.2, -0.15) is 5.10 Å². The number of rotatable bonds is 4. The van der Waals surface area contributed by atoms with Crippen molar-refractivity contribution < 1.29 is 0 Å². The Morgan fingerprint density at radius 2 is 1.54 bits per heavy atom. The summed E-state index contributed by atoms with van der Waals surface area (Å²) in [5.41, 5.74) is 9.01. The Morgan fingerprint density at radius 1 is 0.821 bits per heavy atom. The van der Waals surface area contributed by atoms with E-state index in [1.54, 1.807) is 0 Å². The molecule has 5 heteroatoms. The van der Waals surface area contributed by atoms with Gasteiger partial charge in [0, 0.05) is 22.7 Å². The van der Waals surface area contributed by atoms with Crippen molar-refractivity contribution in [3.05, 3.63) is 95.7 Å². The van der Waals surface area contributed by atoms with E-state index < -0.39 is 0 Å². The van der Waals surface area contributed by atoms with E-state index in [2.05, 4.69) is 25.7 Å². The molecule has 0 aliphatic carbocycles. The number of nitrogens with one attached hydrogen (secondary N) is 2. The van der Waals surface area contributed by atoms with Crippen LogP contribution in [0.4, 0.5) is 11.4 Å². The first-order chi connectivity index (χ1) is 13.7. The lowest BCUT2D eigenvalue weighted by Crippen LogP contribution is -2.01. The first-order valence-corrected chi connectivity index (χ1v) is 9.15. The fourth-order valence-electron chi connectivity index (χ4n) is 2.98. The third-order valence-electron chi connectivity index (χ3n) is 4.63. The molecule has 1 heterocycles. The summed E-state index contributed by atoms with van der Waals surface area (Å²) in [4.78, 5) is 3.28. The monoisotopic (exact) mass is 367 g/mol. The van der Waals surface area contributed by atoms with Crippen LogP contribution in [0.5, 0.6) is 0 Å².